The highest BCUT2D eigenvalue weighted by molar-refractivity contribution is 5.97. The lowest BCUT2D eigenvalue weighted by Gasteiger charge is -2.17. The molecule has 29 heavy (non-hydrogen) atoms. The van der Waals surface area contributed by atoms with Crippen molar-refractivity contribution in [1.29, 1.82) is 0 Å². The number of nitrogens with zero attached hydrogens (tertiary/aromatic N) is 1. The van der Waals surface area contributed by atoms with Gasteiger partial charge in [0, 0.05) is 12.7 Å². The second-order valence-corrected chi connectivity index (χ2v) is 5.92. The molecule has 0 bridgehead atoms. The summed E-state index contributed by atoms with van der Waals surface area (Å²) in [5.41, 5.74) is 0.453. The van der Waals surface area contributed by atoms with E-state index in [-0.39, 0.29) is 23.6 Å². The van der Waals surface area contributed by atoms with Crippen molar-refractivity contribution in [3.8, 4) is 11.5 Å². The molecular weight excluding hydrogens is 383 g/mol. The fourth-order valence-electron chi connectivity index (χ4n) is 2.40. The molecule has 154 valence electrons. The Kier molecular flexibility index (Phi) is 7.53. The maximum absolute atomic E-state index is 12.9. The van der Waals surface area contributed by atoms with E-state index in [4.69, 9.17) is 14.2 Å². The van der Waals surface area contributed by atoms with Gasteiger partial charge in [0.25, 0.3) is 5.91 Å². The second-order valence-electron chi connectivity index (χ2n) is 5.92. The Morgan fingerprint density at radius 1 is 1.00 bits per heavy atom. The molecule has 9 heteroatoms. The molecule has 2 rings (SSSR count). The molecule has 0 saturated heterocycles. The zero-order valence-electron chi connectivity index (χ0n) is 16.2. The molecule has 0 spiro atoms. The summed E-state index contributed by atoms with van der Waals surface area (Å²) < 4.78 is 28.2. The van der Waals surface area contributed by atoms with E-state index in [1.807, 2.05) is 0 Å². The summed E-state index contributed by atoms with van der Waals surface area (Å²) in [5.74, 6) is -1.80. The number of methoxy groups -OCH3 is 2. The zero-order valence-corrected chi connectivity index (χ0v) is 16.2. The van der Waals surface area contributed by atoms with Crippen LogP contribution in [-0.4, -0.2) is 57.1 Å². The molecule has 0 aromatic heterocycles. The van der Waals surface area contributed by atoms with E-state index < -0.39 is 30.2 Å². The molecule has 0 atom stereocenters. The minimum absolute atomic E-state index is 0.0574. The fourth-order valence-corrected chi connectivity index (χ4v) is 2.40. The highest BCUT2D eigenvalue weighted by Gasteiger charge is 2.22. The summed E-state index contributed by atoms with van der Waals surface area (Å²) >= 11 is 0. The number of benzene rings is 2. The Labute approximate surface area is 167 Å². The number of carbonyl (C=O) groups excluding carboxylic acids is 3. The van der Waals surface area contributed by atoms with Crippen LogP contribution in [0.15, 0.2) is 42.5 Å². The van der Waals surface area contributed by atoms with Gasteiger partial charge in [-0.3, -0.25) is 9.59 Å². The Bertz CT molecular complexity index is 863. The van der Waals surface area contributed by atoms with Crippen LogP contribution in [-0.2, 0) is 14.3 Å². The molecule has 2 aromatic rings. The first kappa shape index (κ1) is 21.7. The van der Waals surface area contributed by atoms with Crippen molar-refractivity contribution in [3.63, 3.8) is 0 Å². The normalized spacial score (nSPS) is 10.1. The Balaban J connectivity index is 1.90. The van der Waals surface area contributed by atoms with Crippen LogP contribution in [0.4, 0.5) is 10.1 Å². The van der Waals surface area contributed by atoms with Crippen molar-refractivity contribution in [3.05, 3.63) is 53.8 Å². The van der Waals surface area contributed by atoms with Crippen molar-refractivity contribution < 1.29 is 33.0 Å². The highest BCUT2D eigenvalue weighted by atomic mass is 19.1. The topological polar surface area (TPSA) is 94.2 Å². The number of anilines is 1. The molecule has 8 nitrogen and oxygen atoms in total. The van der Waals surface area contributed by atoms with Crippen LogP contribution in [0.2, 0.25) is 0 Å². The Morgan fingerprint density at radius 2 is 1.59 bits per heavy atom. The van der Waals surface area contributed by atoms with Crippen LogP contribution in [0, 0.1) is 5.82 Å². The van der Waals surface area contributed by atoms with Crippen LogP contribution in [0.25, 0.3) is 0 Å². The molecule has 1 N–H and O–H groups in total. The molecule has 0 aliphatic rings. The molecule has 0 radical (unpaired) electrons. The standard InChI is InChI=1S/C20H21FN2O6/c1-23(11-17(24)22-14-9-7-13(21)8-10-14)18(25)12-29-20(26)19-15(27-2)5-4-6-16(19)28-3/h4-10H,11-12H2,1-3H3,(H,22,24). The number of esters is 1. The van der Waals surface area contributed by atoms with Crippen LogP contribution < -0.4 is 14.8 Å². The molecular formula is C20H21FN2O6. The van der Waals surface area contributed by atoms with Crippen molar-refractivity contribution >= 4 is 23.5 Å². The maximum Gasteiger partial charge on any atom is 0.346 e. The smallest absolute Gasteiger partial charge is 0.346 e. The molecule has 2 aromatic carbocycles. The molecule has 0 fully saturated rings. The zero-order chi connectivity index (χ0) is 21.4. The maximum atomic E-state index is 12.9. The molecule has 2 amide bonds. The SMILES string of the molecule is COc1cccc(OC)c1C(=O)OCC(=O)N(C)CC(=O)Nc1ccc(F)cc1. The monoisotopic (exact) mass is 404 g/mol. The van der Waals surface area contributed by atoms with Crippen LogP contribution >= 0.6 is 0 Å². The van der Waals surface area contributed by atoms with Gasteiger partial charge in [0.1, 0.15) is 22.9 Å². The number of hydrogen-bond acceptors (Lipinski definition) is 6. The van der Waals surface area contributed by atoms with Gasteiger partial charge < -0.3 is 24.4 Å². The first-order valence-corrected chi connectivity index (χ1v) is 8.53. The van der Waals surface area contributed by atoms with E-state index >= 15 is 0 Å². The van der Waals surface area contributed by atoms with E-state index in [1.165, 1.54) is 45.5 Å². The van der Waals surface area contributed by atoms with E-state index in [2.05, 4.69) is 5.32 Å². The van der Waals surface area contributed by atoms with Crippen LogP contribution in [0.5, 0.6) is 11.5 Å². The van der Waals surface area contributed by atoms with E-state index in [1.54, 1.807) is 18.2 Å². The van der Waals surface area contributed by atoms with Crippen LogP contribution in [0.3, 0.4) is 0 Å². The molecule has 0 unspecified atom stereocenters. The Hall–Kier alpha value is -3.62. The number of amides is 2. The lowest BCUT2D eigenvalue weighted by atomic mass is 10.2. The summed E-state index contributed by atoms with van der Waals surface area (Å²) in [6, 6.07) is 9.98. The first-order chi connectivity index (χ1) is 13.8. The van der Waals surface area contributed by atoms with Gasteiger partial charge in [-0.25, -0.2) is 9.18 Å². The Morgan fingerprint density at radius 3 is 2.14 bits per heavy atom. The number of halogens is 1. The first-order valence-electron chi connectivity index (χ1n) is 8.53. The number of rotatable bonds is 8. The van der Waals surface area contributed by atoms with Gasteiger partial charge >= 0.3 is 5.97 Å². The van der Waals surface area contributed by atoms with Gasteiger partial charge in [0.15, 0.2) is 6.61 Å². The van der Waals surface area contributed by atoms with Gasteiger partial charge in [0.2, 0.25) is 5.91 Å². The van der Waals surface area contributed by atoms with Gasteiger partial charge in [-0.05, 0) is 36.4 Å². The second kappa shape index (κ2) is 10.1. The third-order valence-electron chi connectivity index (χ3n) is 3.89. The van der Waals surface area contributed by atoms with E-state index in [0.717, 1.165) is 4.90 Å². The quantitative estimate of drug-likeness (QED) is 0.677. The summed E-state index contributed by atoms with van der Waals surface area (Å²) in [6.45, 7) is -0.841. The lowest BCUT2D eigenvalue weighted by molar-refractivity contribution is -0.136. The van der Waals surface area contributed by atoms with Crippen LogP contribution in [0.1, 0.15) is 10.4 Å². The summed E-state index contributed by atoms with van der Waals surface area (Å²) in [6.07, 6.45) is 0. The fraction of sp³-hybridized carbons (Fsp3) is 0.250. The number of likely N-dealkylation sites (N-methyl/N-ethyl adjacent to an activating group) is 1. The minimum Gasteiger partial charge on any atom is -0.496 e. The van der Waals surface area contributed by atoms with Crippen molar-refractivity contribution in [1.82, 2.24) is 4.90 Å². The van der Waals surface area contributed by atoms with Gasteiger partial charge in [-0.2, -0.15) is 0 Å². The van der Waals surface area contributed by atoms with Crippen molar-refractivity contribution in [2.45, 2.75) is 0 Å². The third-order valence-corrected chi connectivity index (χ3v) is 3.89. The number of carbonyl (C=O) groups is 3. The van der Waals surface area contributed by atoms with E-state index in [9.17, 15) is 18.8 Å². The third kappa shape index (κ3) is 5.93. The minimum atomic E-state index is -0.795. The molecule has 0 heterocycles. The average Bonchev–Trinajstić information content (AvgIpc) is 2.72. The molecule has 0 aliphatic heterocycles. The number of nitrogens with one attached hydrogen (secondary N) is 1. The van der Waals surface area contributed by atoms with Gasteiger partial charge in [-0.1, -0.05) is 6.07 Å². The number of ether oxygens (including phenoxy) is 3. The van der Waals surface area contributed by atoms with Crippen molar-refractivity contribution in [2.75, 3.05) is 39.7 Å². The van der Waals surface area contributed by atoms with Gasteiger partial charge in [0.05, 0.1) is 20.8 Å². The summed E-state index contributed by atoms with van der Waals surface area (Å²) in [5, 5.41) is 2.54. The lowest BCUT2D eigenvalue weighted by Crippen LogP contribution is -2.37. The average molecular weight is 404 g/mol. The number of hydrogen-bond donors (Lipinski definition) is 1. The highest BCUT2D eigenvalue weighted by Crippen LogP contribution is 2.28. The summed E-state index contributed by atoms with van der Waals surface area (Å²) in [7, 11) is 4.18. The predicted molar refractivity (Wildman–Crippen MR) is 102 cm³/mol. The van der Waals surface area contributed by atoms with Gasteiger partial charge in [-0.15, -0.1) is 0 Å². The molecule has 0 aliphatic carbocycles. The largest absolute Gasteiger partial charge is 0.496 e. The molecule has 0 saturated carbocycles. The summed E-state index contributed by atoms with van der Waals surface area (Å²) in [4.78, 5) is 37.6. The van der Waals surface area contributed by atoms with E-state index in [0.29, 0.717) is 5.69 Å². The predicted octanol–water partition coefficient (Wildman–Crippen LogP) is 2.10. The van der Waals surface area contributed by atoms with Crippen molar-refractivity contribution in [2.24, 2.45) is 0 Å².